The highest BCUT2D eigenvalue weighted by atomic mass is 35.5. The summed E-state index contributed by atoms with van der Waals surface area (Å²) < 4.78 is 0. The van der Waals surface area contributed by atoms with Crippen LogP contribution in [0.25, 0.3) is 22.6 Å². The predicted molar refractivity (Wildman–Crippen MR) is 125 cm³/mol. The number of phenolic OH excluding ortho intramolecular Hbond substituents is 1. The van der Waals surface area contributed by atoms with Crippen LogP contribution < -0.4 is 11.1 Å². The van der Waals surface area contributed by atoms with E-state index in [1.807, 2.05) is 12.1 Å². The number of imidazole rings is 1. The van der Waals surface area contributed by atoms with Gasteiger partial charge in [-0.2, -0.15) is 0 Å². The number of nitrogen functional groups attached to an aromatic ring is 1. The van der Waals surface area contributed by atoms with Crippen LogP contribution in [0.1, 0.15) is 24.5 Å². The third-order valence-electron chi connectivity index (χ3n) is 4.94. The van der Waals surface area contributed by atoms with Gasteiger partial charge >= 0.3 is 0 Å². The largest absolute Gasteiger partial charge is 0.506 e. The zero-order valence-electron chi connectivity index (χ0n) is 17.2. The Morgan fingerprint density at radius 2 is 2.06 bits per heavy atom. The molecule has 0 fully saturated rings. The van der Waals surface area contributed by atoms with E-state index in [9.17, 15) is 5.11 Å². The summed E-state index contributed by atoms with van der Waals surface area (Å²) in [7, 11) is 0. The van der Waals surface area contributed by atoms with Gasteiger partial charge < -0.3 is 21.1 Å². The number of aromatic amines is 1. The zero-order chi connectivity index (χ0) is 22.0. The number of phenols is 1. The van der Waals surface area contributed by atoms with E-state index in [2.05, 4.69) is 45.6 Å². The Bertz CT molecular complexity index is 1190. The summed E-state index contributed by atoms with van der Waals surface area (Å²) in [5.74, 6) is 0.965. The van der Waals surface area contributed by atoms with Crippen molar-refractivity contribution in [2.24, 2.45) is 0 Å². The molecule has 0 aliphatic rings. The number of thiophene rings is 1. The second kappa shape index (κ2) is 8.66. The maximum absolute atomic E-state index is 10.1. The predicted octanol–water partition coefficient (Wildman–Crippen LogP) is 4.60. The molecule has 0 amide bonds. The second-order valence-corrected chi connectivity index (χ2v) is 9.28. The molecule has 3 aromatic heterocycles. The van der Waals surface area contributed by atoms with Gasteiger partial charge in [-0.25, -0.2) is 15.0 Å². The molecule has 0 unspecified atom stereocenters. The van der Waals surface area contributed by atoms with Crippen molar-refractivity contribution < 1.29 is 5.11 Å². The molecule has 0 radical (unpaired) electrons. The minimum absolute atomic E-state index is 0.00579. The first kappa shape index (κ1) is 21.3. The number of hydrogen-bond donors (Lipinski definition) is 4. The number of nitrogens with zero attached hydrogens (tertiary/aromatic N) is 3. The Morgan fingerprint density at radius 1 is 1.23 bits per heavy atom. The van der Waals surface area contributed by atoms with Gasteiger partial charge in [0.1, 0.15) is 11.6 Å². The number of aromatic nitrogens is 4. The molecular formula is C22H23ClN6OS. The molecular weight excluding hydrogens is 432 g/mol. The number of nitrogens with two attached hydrogens (primary N) is 1. The van der Waals surface area contributed by atoms with Crippen LogP contribution in [0, 0.1) is 0 Å². The molecule has 1 aromatic carbocycles. The molecule has 0 saturated heterocycles. The number of H-pyrrole nitrogens is 1. The molecule has 4 rings (SSSR count). The van der Waals surface area contributed by atoms with Crippen LogP contribution in [0.15, 0.2) is 48.0 Å². The third-order valence-corrected chi connectivity index (χ3v) is 6.14. The fourth-order valence-electron chi connectivity index (χ4n) is 3.26. The van der Waals surface area contributed by atoms with Gasteiger partial charge in [0.15, 0.2) is 0 Å². The van der Waals surface area contributed by atoms with Crippen molar-refractivity contribution in [1.82, 2.24) is 25.3 Å². The van der Waals surface area contributed by atoms with Crippen LogP contribution in [0.5, 0.6) is 5.75 Å². The fraction of sp³-hybridized carbons (Fsp3) is 0.227. The number of hydrogen-bond acceptors (Lipinski definition) is 7. The molecule has 3 heterocycles. The fourth-order valence-corrected chi connectivity index (χ4v) is 4.05. The molecule has 0 aliphatic carbocycles. The second-order valence-electron chi connectivity index (χ2n) is 7.84. The van der Waals surface area contributed by atoms with E-state index in [1.54, 1.807) is 35.7 Å². The highest BCUT2D eigenvalue weighted by molar-refractivity contribution is 7.09. The Balaban J connectivity index is 1.70. The zero-order valence-corrected chi connectivity index (χ0v) is 18.8. The summed E-state index contributed by atoms with van der Waals surface area (Å²) >= 11 is 7.73. The van der Waals surface area contributed by atoms with Gasteiger partial charge in [0.05, 0.1) is 22.1 Å². The summed E-state index contributed by atoms with van der Waals surface area (Å²) in [4.78, 5) is 17.9. The van der Waals surface area contributed by atoms with Crippen molar-refractivity contribution >= 4 is 28.9 Å². The van der Waals surface area contributed by atoms with E-state index < -0.39 is 0 Å². The lowest BCUT2D eigenvalue weighted by Gasteiger charge is -2.22. The average molecular weight is 455 g/mol. The smallest absolute Gasteiger partial charge is 0.220 e. The van der Waals surface area contributed by atoms with E-state index in [0.717, 1.165) is 24.5 Å². The molecule has 4 aromatic rings. The average Bonchev–Trinajstić information content (AvgIpc) is 3.40. The summed E-state index contributed by atoms with van der Waals surface area (Å²) in [5.41, 5.74) is 8.22. The molecule has 0 spiro atoms. The van der Waals surface area contributed by atoms with E-state index >= 15 is 0 Å². The molecule has 160 valence electrons. The maximum atomic E-state index is 10.1. The van der Waals surface area contributed by atoms with Crippen LogP contribution in [0.4, 0.5) is 5.95 Å². The normalized spacial score (nSPS) is 11.7. The van der Waals surface area contributed by atoms with Gasteiger partial charge in [-0.1, -0.05) is 37.6 Å². The van der Waals surface area contributed by atoms with Gasteiger partial charge in [0.25, 0.3) is 0 Å². The summed E-state index contributed by atoms with van der Waals surface area (Å²) in [6.07, 6.45) is 1.61. The number of halogens is 1. The van der Waals surface area contributed by atoms with Crippen LogP contribution in [-0.2, 0) is 12.0 Å². The Kier molecular flexibility index (Phi) is 5.95. The van der Waals surface area contributed by atoms with Crippen molar-refractivity contribution in [2.45, 2.75) is 25.8 Å². The maximum Gasteiger partial charge on any atom is 0.220 e. The van der Waals surface area contributed by atoms with Gasteiger partial charge in [-0.05, 0) is 29.6 Å². The van der Waals surface area contributed by atoms with Crippen molar-refractivity contribution in [3.8, 4) is 28.4 Å². The van der Waals surface area contributed by atoms with E-state index in [-0.39, 0.29) is 22.1 Å². The Morgan fingerprint density at radius 3 is 2.77 bits per heavy atom. The van der Waals surface area contributed by atoms with Gasteiger partial charge in [0.2, 0.25) is 5.95 Å². The summed E-state index contributed by atoms with van der Waals surface area (Å²) in [6.45, 7) is 5.76. The van der Waals surface area contributed by atoms with Crippen LogP contribution >= 0.6 is 22.9 Å². The molecule has 0 atom stereocenters. The van der Waals surface area contributed by atoms with Crippen LogP contribution in [-0.4, -0.2) is 31.6 Å². The topological polar surface area (TPSA) is 113 Å². The molecule has 31 heavy (non-hydrogen) atoms. The minimum Gasteiger partial charge on any atom is -0.506 e. The SMILES string of the molecule is CC(C)(CNCc1cccs1)c1nc(-c2ccc(Cl)c(O)c2)c(-c2ccnc(N)n2)[nH]1. The molecule has 0 bridgehead atoms. The molecule has 0 aliphatic heterocycles. The third kappa shape index (κ3) is 4.71. The van der Waals surface area contributed by atoms with Crippen LogP contribution in [0.3, 0.4) is 0 Å². The molecule has 7 nitrogen and oxygen atoms in total. The summed E-state index contributed by atoms with van der Waals surface area (Å²) in [5, 5.41) is 16.0. The number of anilines is 1. The Labute approximate surface area is 189 Å². The number of rotatable bonds is 7. The molecule has 0 saturated carbocycles. The summed E-state index contributed by atoms with van der Waals surface area (Å²) in [6, 6.07) is 11.0. The van der Waals surface area contributed by atoms with Crippen molar-refractivity contribution in [3.63, 3.8) is 0 Å². The molecule has 5 N–H and O–H groups in total. The first-order chi connectivity index (χ1) is 14.8. The lowest BCUT2D eigenvalue weighted by molar-refractivity contribution is 0.449. The van der Waals surface area contributed by atoms with Crippen molar-refractivity contribution in [2.75, 3.05) is 12.3 Å². The highest BCUT2D eigenvalue weighted by Crippen LogP contribution is 2.36. The van der Waals surface area contributed by atoms with Gasteiger partial charge in [-0.15, -0.1) is 11.3 Å². The lowest BCUT2D eigenvalue weighted by atomic mass is 9.92. The first-order valence-electron chi connectivity index (χ1n) is 9.75. The quantitative estimate of drug-likeness (QED) is 0.324. The highest BCUT2D eigenvalue weighted by Gasteiger charge is 2.27. The number of nitrogens with one attached hydrogen (secondary N) is 2. The van der Waals surface area contributed by atoms with Crippen LogP contribution in [0.2, 0.25) is 5.02 Å². The van der Waals surface area contributed by atoms with E-state index in [1.165, 1.54) is 4.88 Å². The van der Waals surface area contributed by atoms with Crippen molar-refractivity contribution in [1.29, 1.82) is 0 Å². The Hall–Kier alpha value is -2.94. The minimum atomic E-state index is -0.294. The van der Waals surface area contributed by atoms with E-state index in [0.29, 0.717) is 17.1 Å². The van der Waals surface area contributed by atoms with Gasteiger partial charge in [0, 0.05) is 35.1 Å². The number of benzene rings is 1. The standard InChI is InChI=1S/C22H23ClN6OS/c1-22(2,12-25-11-14-4-3-9-31-14)20-28-18(13-5-6-15(23)17(30)10-13)19(29-20)16-7-8-26-21(24)27-16/h3-10,25,30H,11-12H2,1-2H3,(H,28,29)(H2,24,26,27). The monoisotopic (exact) mass is 454 g/mol. The first-order valence-corrected chi connectivity index (χ1v) is 11.0. The lowest BCUT2D eigenvalue weighted by Crippen LogP contribution is -2.33. The molecule has 9 heteroatoms. The van der Waals surface area contributed by atoms with Crippen molar-refractivity contribution in [3.05, 3.63) is 63.7 Å². The van der Waals surface area contributed by atoms with Gasteiger partial charge in [-0.3, -0.25) is 0 Å². The number of aromatic hydroxyl groups is 1. The van der Waals surface area contributed by atoms with E-state index in [4.69, 9.17) is 22.3 Å².